The number of amides is 1. The highest BCUT2D eigenvalue weighted by molar-refractivity contribution is 6.30. The third kappa shape index (κ3) is 7.15. The van der Waals surface area contributed by atoms with Gasteiger partial charge in [0.25, 0.3) is 5.91 Å². The Kier molecular flexibility index (Phi) is 8.80. The van der Waals surface area contributed by atoms with E-state index in [2.05, 4.69) is 24.9 Å². The van der Waals surface area contributed by atoms with Gasteiger partial charge in [0, 0.05) is 36.7 Å². The molecule has 2 saturated heterocycles. The van der Waals surface area contributed by atoms with Crippen LogP contribution in [0.2, 0.25) is 5.02 Å². The molecule has 0 aliphatic carbocycles. The SMILES string of the molecule is CC(C)(C)N(OC(=O)C(F)(F)F)C(=O)[C@H]1CN(C2CCN(c3n[nH]c(N)n3)CC2)[C@@H](Cc2ccc(Cl)cc2)CO1. The first-order chi connectivity index (χ1) is 18.7. The molecule has 0 unspecified atom stereocenters. The molecule has 0 bridgehead atoms. The fraction of sp³-hybridized carbons (Fsp3) is 0.600. The maximum absolute atomic E-state index is 13.5. The van der Waals surface area contributed by atoms with Crippen molar-refractivity contribution in [1.29, 1.82) is 0 Å². The van der Waals surface area contributed by atoms with Gasteiger partial charge in [-0.15, -0.1) is 5.10 Å². The number of hydroxylamine groups is 2. The molecule has 4 rings (SSSR count). The second-order valence-corrected chi connectivity index (χ2v) is 11.4. The number of nitrogen functional groups attached to an aromatic ring is 1. The lowest BCUT2D eigenvalue weighted by atomic mass is 9.96. The molecule has 220 valence electrons. The van der Waals surface area contributed by atoms with Gasteiger partial charge in [0.05, 0.1) is 12.1 Å². The number of ether oxygens (including phenoxy) is 1. The van der Waals surface area contributed by atoms with E-state index in [1.807, 2.05) is 17.0 Å². The molecular weight excluding hydrogens is 555 g/mol. The van der Waals surface area contributed by atoms with Crippen molar-refractivity contribution in [2.75, 3.05) is 36.9 Å². The number of anilines is 2. The molecule has 15 heteroatoms. The Morgan fingerprint density at radius 3 is 2.40 bits per heavy atom. The van der Waals surface area contributed by atoms with E-state index >= 15 is 0 Å². The van der Waals surface area contributed by atoms with Crippen molar-refractivity contribution in [3.8, 4) is 0 Å². The van der Waals surface area contributed by atoms with E-state index in [0.717, 1.165) is 18.4 Å². The maximum Gasteiger partial charge on any atom is 0.493 e. The molecule has 0 radical (unpaired) electrons. The largest absolute Gasteiger partial charge is 0.493 e. The topological polar surface area (TPSA) is 130 Å². The number of carbonyl (C=O) groups is 2. The van der Waals surface area contributed by atoms with E-state index in [1.165, 1.54) is 20.8 Å². The smallest absolute Gasteiger partial charge is 0.368 e. The molecular formula is C25H33ClF3N7O4. The Morgan fingerprint density at radius 2 is 1.85 bits per heavy atom. The van der Waals surface area contributed by atoms with Crippen LogP contribution >= 0.6 is 11.6 Å². The van der Waals surface area contributed by atoms with Gasteiger partial charge >= 0.3 is 12.1 Å². The van der Waals surface area contributed by atoms with E-state index in [9.17, 15) is 22.8 Å². The number of benzene rings is 1. The van der Waals surface area contributed by atoms with Crippen LogP contribution in [-0.2, 0) is 25.6 Å². The second kappa shape index (κ2) is 11.8. The Balaban J connectivity index is 1.52. The maximum atomic E-state index is 13.5. The number of hydrogen-bond acceptors (Lipinski definition) is 9. The van der Waals surface area contributed by atoms with Gasteiger partial charge in [-0.2, -0.15) is 23.2 Å². The van der Waals surface area contributed by atoms with Gasteiger partial charge < -0.3 is 20.2 Å². The number of carbonyl (C=O) groups excluding carboxylic acids is 2. The highest BCUT2D eigenvalue weighted by Crippen LogP contribution is 2.29. The van der Waals surface area contributed by atoms with Crippen LogP contribution in [0.4, 0.5) is 25.1 Å². The molecule has 2 aromatic rings. The molecule has 2 aliphatic heterocycles. The molecule has 1 amide bonds. The second-order valence-electron chi connectivity index (χ2n) is 10.9. The molecule has 1 aromatic heterocycles. The van der Waals surface area contributed by atoms with Crippen molar-refractivity contribution in [2.24, 2.45) is 0 Å². The first-order valence-electron chi connectivity index (χ1n) is 12.9. The Bertz CT molecular complexity index is 1180. The molecule has 2 aliphatic rings. The highest BCUT2D eigenvalue weighted by atomic mass is 35.5. The predicted octanol–water partition coefficient (Wildman–Crippen LogP) is 2.97. The molecule has 0 saturated carbocycles. The minimum absolute atomic E-state index is 0.0462. The van der Waals surface area contributed by atoms with Gasteiger partial charge in [0.2, 0.25) is 11.9 Å². The zero-order valence-corrected chi connectivity index (χ0v) is 23.2. The lowest BCUT2D eigenvalue weighted by Crippen LogP contribution is -2.62. The number of morpholine rings is 1. The van der Waals surface area contributed by atoms with Crippen LogP contribution in [0, 0.1) is 0 Å². The summed E-state index contributed by atoms with van der Waals surface area (Å²) in [7, 11) is 0. The zero-order chi connectivity index (χ0) is 29.2. The van der Waals surface area contributed by atoms with E-state index in [0.29, 0.717) is 35.5 Å². The number of aromatic nitrogens is 3. The first-order valence-corrected chi connectivity index (χ1v) is 13.3. The summed E-state index contributed by atoms with van der Waals surface area (Å²) in [4.78, 5) is 38.0. The van der Waals surface area contributed by atoms with Crippen LogP contribution in [0.15, 0.2) is 24.3 Å². The number of H-pyrrole nitrogens is 1. The number of nitrogens with two attached hydrogens (primary N) is 1. The average Bonchev–Trinajstić information content (AvgIpc) is 3.33. The lowest BCUT2D eigenvalue weighted by molar-refractivity contribution is -0.255. The van der Waals surface area contributed by atoms with E-state index in [4.69, 9.17) is 22.1 Å². The number of alkyl halides is 3. The molecule has 40 heavy (non-hydrogen) atoms. The van der Waals surface area contributed by atoms with Crippen molar-refractivity contribution in [2.45, 2.75) is 69.9 Å². The molecule has 3 N–H and O–H groups in total. The summed E-state index contributed by atoms with van der Waals surface area (Å²) in [5.74, 6) is -2.59. The Hall–Kier alpha value is -3.10. The summed E-state index contributed by atoms with van der Waals surface area (Å²) in [5.41, 5.74) is 5.45. The van der Waals surface area contributed by atoms with Crippen molar-refractivity contribution in [3.63, 3.8) is 0 Å². The molecule has 0 spiro atoms. The van der Waals surface area contributed by atoms with Gasteiger partial charge in [-0.1, -0.05) is 23.7 Å². The minimum atomic E-state index is -5.26. The van der Waals surface area contributed by atoms with Gasteiger partial charge in [-0.3, -0.25) is 9.69 Å². The van der Waals surface area contributed by atoms with Crippen LogP contribution in [0.5, 0.6) is 0 Å². The van der Waals surface area contributed by atoms with E-state index < -0.39 is 29.7 Å². The number of aromatic amines is 1. The molecule has 3 heterocycles. The average molecular weight is 588 g/mol. The van der Waals surface area contributed by atoms with E-state index in [1.54, 1.807) is 12.1 Å². The number of hydrogen-bond donors (Lipinski definition) is 2. The summed E-state index contributed by atoms with van der Waals surface area (Å²) in [6, 6.07) is 7.38. The number of nitrogens with one attached hydrogen (secondary N) is 1. The summed E-state index contributed by atoms with van der Waals surface area (Å²) in [5, 5.41) is 7.84. The van der Waals surface area contributed by atoms with E-state index in [-0.39, 0.29) is 31.2 Å². The minimum Gasteiger partial charge on any atom is -0.368 e. The number of nitrogens with zero attached hydrogens (tertiary/aromatic N) is 5. The van der Waals surface area contributed by atoms with Crippen molar-refractivity contribution >= 4 is 35.4 Å². The van der Waals surface area contributed by atoms with Gasteiger partial charge in [0.1, 0.15) is 0 Å². The van der Waals surface area contributed by atoms with Crippen molar-refractivity contribution in [3.05, 3.63) is 34.9 Å². The van der Waals surface area contributed by atoms with Crippen LogP contribution in [0.25, 0.3) is 0 Å². The Morgan fingerprint density at radius 1 is 1.20 bits per heavy atom. The summed E-state index contributed by atoms with van der Waals surface area (Å²) < 4.78 is 44.8. The van der Waals surface area contributed by atoms with Gasteiger partial charge in [-0.05, 0) is 57.7 Å². The Labute approximate surface area is 234 Å². The quantitative estimate of drug-likeness (QED) is 0.507. The van der Waals surface area contributed by atoms with Crippen molar-refractivity contribution < 1.29 is 32.3 Å². The van der Waals surface area contributed by atoms with Crippen LogP contribution in [0.1, 0.15) is 39.2 Å². The third-order valence-electron chi connectivity index (χ3n) is 6.92. The lowest BCUT2D eigenvalue weighted by Gasteiger charge is -2.47. The number of piperidine rings is 1. The summed E-state index contributed by atoms with van der Waals surface area (Å²) in [6.45, 7) is 5.98. The number of rotatable bonds is 5. The molecule has 1 aromatic carbocycles. The predicted molar refractivity (Wildman–Crippen MR) is 140 cm³/mol. The fourth-order valence-electron chi connectivity index (χ4n) is 4.96. The highest BCUT2D eigenvalue weighted by Gasteiger charge is 2.47. The van der Waals surface area contributed by atoms with Gasteiger partial charge in [0.15, 0.2) is 6.10 Å². The van der Waals surface area contributed by atoms with Gasteiger partial charge in [-0.25, -0.2) is 9.89 Å². The van der Waals surface area contributed by atoms with Crippen LogP contribution in [-0.4, -0.2) is 93.2 Å². The van der Waals surface area contributed by atoms with Crippen molar-refractivity contribution in [1.82, 2.24) is 25.1 Å². The fourth-order valence-corrected chi connectivity index (χ4v) is 5.09. The molecule has 2 fully saturated rings. The monoisotopic (exact) mass is 587 g/mol. The third-order valence-corrected chi connectivity index (χ3v) is 7.17. The summed E-state index contributed by atoms with van der Waals surface area (Å²) >= 11 is 6.05. The standard InChI is InChI=1S/C25H33ClF3N7O4/c1-24(2,3)36(40-21(38)25(27,28)29)20(37)19-13-35(18(14-39-19)12-15-4-6-16(26)7-5-15)17-8-10-34(11-9-17)23-31-22(30)32-33-23/h4-7,17-19H,8-14H2,1-3H3,(H3,30,31,32,33)/t18-,19+/m0/s1. The zero-order valence-electron chi connectivity index (χ0n) is 22.4. The van der Waals surface area contributed by atoms with Crippen LogP contribution < -0.4 is 10.6 Å². The first kappa shape index (κ1) is 29.9. The normalized spacial score (nSPS) is 21.3. The summed E-state index contributed by atoms with van der Waals surface area (Å²) in [6.07, 6.45) is -4.33. The molecule has 2 atom stereocenters. The molecule has 11 nitrogen and oxygen atoms in total. The number of halogens is 4. The van der Waals surface area contributed by atoms with Crippen LogP contribution in [0.3, 0.4) is 0 Å².